The number of nitrogens with one attached hydrogen (secondary N) is 2. The fourth-order valence-electron chi connectivity index (χ4n) is 7.35. The number of nitrogens with zero attached hydrogens (tertiary/aromatic N) is 1. The number of methoxy groups -OCH3 is 1. The summed E-state index contributed by atoms with van der Waals surface area (Å²) in [6, 6.07) is 11.9. The van der Waals surface area contributed by atoms with E-state index in [9.17, 15) is 14.4 Å². The molecule has 2 bridgehead atoms. The van der Waals surface area contributed by atoms with Crippen LogP contribution in [0.5, 0.6) is 5.75 Å². The van der Waals surface area contributed by atoms with Gasteiger partial charge in [0.25, 0.3) is 0 Å². The molecule has 0 radical (unpaired) electrons. The maximum Gasteiger partial charge on any atom is 0.246 e. The summed E-state index contributed by atoms with van der Waals surface area (Å²) in [5.74, 6) is -0.991. The summed E-state index contributed by atoms with van der Waals surface area (Å²) in [5.41, 5.74) is 1.03. The normalized spacial score (nSPS) is 33.0. The van der Waals surface area contributed by atoms with Gasteiger partial charge in [-0.05, 0) is 60.6 Å². The molecule has 1 aliphatic carbocycles. The summed E-state index contributed by atoms with van der Waals surface area (Å²) in [4.78, 5) is 43.9. The lowest BCUT2D eigenvalue weighted by molar-refractivity contribution is -0.142. The summed E-state index contributed by atoms with van der Waals surface area (Å²) in [5, 5.41) is 6.78. The smallest absolute Gasteiger partial charge is 0.246 e. The first-order valence-electron chi connectivity index (χ1n) is 14.8. The standard InChI is InChI=1S/C33H38ClN3O5/c1-18-7-5-10-25(20(18)3)36-31(39)29-33-14-13-26(42-33)27(30(38)35-22-12-11-19(2)24(34)16-22)28(33)32(40)37(29)17-21-8-6-9-23(15-21)41-4/h6,8-9,11-16,18,20,25-29H,5,7,10,17H2,1-4H3,(H,35,38)(H,36,39)/t18-,20+,25+,26-,27+,28-,29-,33-/m0/s1. The van der Waals surface area contributed by atoms with Crippen molar-refractivity contribution in [2.75, 3.05) is 12.4 Å². The summed E-state index contributed by atoms with van der Waals surface area (Å²) in [7, 11) is 1.59. The van der Waals surface area contributed by atoms with Crippen molar-refractivity contribution in [3.63, 3.8) is 0 Å². The van der Waals surface area contributed by atoms with Gasteiger partial charge in [0.2, 0.25) is 17.7 Å². The van der Waals surface area contributed by atoms with Crippen LogP contribution >= 0.6 is 11.6 Å². The number of carbonyl (C=O) groups excluding carboxylic acids is 3. The second-order valence-electron chi connectivity index (χ2n) is 12.4. The van der Waals surface area contributed by atoms with E-state index in [1.54, 1.807) is 24.1 Å². The van der Waals surface area contributed by atoms with Crippen LogP contribution in [0.15, 0.2) is 54.6 Å². The maximum absolute atomic E-state index is 14.3. The van der Waals surface area contributed by atoms with E-state index in [4.69, 9.17) is 21.1 Å². The second kappa shape index (κ2) is 11.0. The van der Waals surface area contributed by atoms with E-state index in [1.807, 2.05) is 49.4 Å². The van der Waals surface area contributed by atoms with E-state index in [0.29, 0.717) is 28.3 Å². The molecule has 8 atom stereocenters. The minimum absolute atomic E-state index is 0.0124. The van der Waals surface area contributed by atoms with Gasteiger partial charge in [-0.2, -0.15) is 0 Å². The van der Waals surface area contributed by atoms with Gasteiger partial charge in [0.05, 0.1) is 25.0 Å². The average Bonchev–Trinajstić information content (AvgIpc) is 3.61. The van der Waals surface area contributed by atoms with Gasteiger partial charge >= 0.3 is 0 Å². The first-order valence-corrected chi connectivity index (χ1v) is 15.2. The molecule has 3 heterocycles. The zero-order valence-corrected chi connectivity index (χ0v) is 25.2. The number of hydrogen-bond acceptors (Lipinski definition) is 5. The van der Waals surface area contributed by atoms with E-state index < -0.39 is 29.6 Å². The first kappa shape index (κ1) is 28.7. The molecule has 6 rings (SSSR count). The molecule has 2 saturated heterocycles. The van der Waals surface area contributed by atoms with Crippen molar-refractivity contribution in [1.82, 2.24) is 10.2 Å². The number of anilines is 1. The number of hydrogen-bond donors (Lipinski definition) is 2. The largest absolute Gasteiger partial charge is 0.497 e. The van der Waals surface area contributed by atoms with E-state index in [2.05, 4.69) is 24.5 Å². The summed E-state index contributed by atoms with van der Waals surface area (Å²) in [6.07, 6.45) is 6.15. The summed E-state index contributed by atoms with van der Waals surface area (Å²) in [6.45, 7) is 6.48. The van der Waals surface area contributed by atoms with Gasteiger partial charge in [0.15, 0.2) is 0 Å². The molecule has 42 heavy (non-hydrogen) atoms. The lowest BCUT2D eigenvalue weighted by Crippen LogP contribution is -2.57. The van der Waals surface area contributed by atoms with Gasteiger partial charge in [-0.3, -0.25) is 14.4 Å². The van der Waals surface area contributed by atoms with Crippen molar-refractivity contribution < 1.29 is 23.9 Å². The highest BCUT2D eigenvalue weighted by Gasteiger charge is 2.72. The highest BCUT2D eigenvalue weighted by Crippen LogP contribution is 2.55. The number of benzene rings is 2. The number of carbonyl (C=O) groups is 3. The third kappa shape index (κ3) is 4.78. The van der Waals surface area contributed by atoms with Gasteiger partial charge in [-0.15, -0.1) is 0 Å². The molecule has 3 fully saturated rings. The number of rotatable bonds is 7. The first-order chi connectivity index (χ1) is 20.1. The number of aryl methyl sites for hydroxylation is 1. The Hall–Kier alpha value is -3.36. The van der Waals surface area contributed by atoms with Gasteiger partial charge < -0.3 is 25.0 Å². The predicted molar refractivity (Wildman–Crippen MR) is 160 cm³/mol. The number of likely N-dealkylation sites (tertiary alicyclic amines) is 1. The lowest BCUT2D eigenvalue weighted by Gasteiger charge is -2.38. The van der Waals surface area contributed by atoms with Crippen LogP contribution in [-0.2, 0) is 25.7 Å². The highest BCUT2D eigenvalue weighted by molar-refractivity contribution is 6.31. The number of fused-ring (bicyclic) bond motifs is 1. The third-order valence-electron chi connectivity index (χ3n) is 9.89. The number of amides is 3. The Kier molecular flexibility index (Phi) is 7.56. The van der Waals surface area contributed by atoms with Gasteiger partial charge in [-0.1, -0.05) is 68.6 Å². The molecule has 1 spiro atoms. The van der Waals surface area contributed by atoms with Crippen LogP contribution in [0, 0.1) is 30.6 Å². The molecular formula is C33H38ClN3O5. The fraction of sp³-hybridized carbons (Fsp3) is 0.485. The monoisotopic (exact) mass is 591 g/mol. The number of halogens is 1. The molecule has 2 N–H and O–H groups in total. The van der Waals surface area contributed by atoms with Crippen molar-refractivity contribution >= 4 is 35.0 Å². The molecule has 0 aromatic heterocycles. The van der Waals surface area contributed by atoms with Crippen LogP contribution in [0.2, 0.25) is 5.02 Å². The summed E-state index contributed by atoms with van der Waals surface area (Å²) >= 11 is 6.30. The lowest BCUT2D eigenvalue weighted by atomic mass is 9.73. The molecule has 0 unspecified atom stereocenters. The Bertz CT molecular complexity index is 1440. The van der Waals surface area contributed by atoms with E-state index in [-0.39, 0.29) is 30.3 Å². The Labute approximate surface area is 251 Å². The zero-order valence-electron chi connectivity index (χ0n) is 24.4. The van der Waals surface area contributed by atoms with Gasteiger partial charge in [-0.25, -0.2) is 0 Å². The molecule has 8 nitrogen and oxygen atoms in total. The van der Waals surface area contributed by atoms with Crippen LogP contribution in [-0.4, -0.2) is 53.5 Å². The molecule has 9 heteroatoms. The van der Waals surface area contributed by atoms with Crippen LogP contribution in [0.1, 0.15) is 44.2 Å². The van der Waals surface area contributed by atoms with Crippen LogP contribution < -0.4 is 15.4 Å². The van der Waals surface area contributed by atoms with Crippen molar-refractivity contribution in [1.29, 1.82) is 0 Å². The SMILES string of the molecule is COc1cccc(CN2C(=O)[C@@H]3[C@H](C(=O)Nc4ccc(C)c(Cl)c4)[C@@H]4C=C[C@@]3(O4)[C@@H]2C(=O)N[C@@H]2CCC[C@H](C)[C@H]2C)c1. The molecule has 3 amide bonds. The van der Waals surface area contributed by atoms with Crippen molar-refractivity contribution in [3.8, 4) is 5.75 Å². The fourth-order valence-corrected chi connectivity index (χ4v) is 7.53. The zero-order chi connectivity index (χ0) is 29.8. The average molecular weight is 592 g/mol. The van der Waals surface area contributed by atoms with Gasteiger partial charge in [0, 0.05) is 23.3 Å². The van der Waals surface area contributed by atoms with E-state index >= 15 is 0 Å². The molecule has 4 aliphatic rings. The summed E-state index contributed by atoms with van der Waals surface area (Å²) < 4.78 is 11.9. The molecule has 1 saturated carbocycles. The van der Waals surface area contributed by atoms with Crippen LogP contribution in [0.3, 0.4) is 0 Å². The molecule has 222 valence electrons. The Morgan fingerprint density at radius 2 is 1.95 bits per heavy atom. The molecule has 2 aromatic rings. The van der Waals surface area contributed by atoms with E-state index in [1.165, 1.54) is 0 Å². The van der Waals surface area contributed by atoms with Crippen molar-refractivity contribution in [3.05, 3.63) is 70.8 Å². The quantitative estimate of drug-likeness (QED) is 0.447. The Morgan fingerprint density at radius 1 is 1.14 bits per heavy atom. The maximum atomic E-state index is 14.3. The van der Waals surface area contributed by atoms with E-state index in [0.717, 1.165) is 30.4 Å². The molecule has 2 aromatic carbocycles. The van der Waals surface area contributed by atoms with Crippen LogP contribution in [0.25, 0.3) is 0 Å². The predicted octanol–water partition coefficient (Wildman–Crippen LogP) is 4.89. The third-order valence-corrected chi connectivity index (χ3v) is 10.3. The Balaban J connectivity index is 1.33. The van der Waals surface area contributed by atoms with Crippen molar-refractivity contribution in [2.24, 2.45) is 23.7 Å². The van der Waals surface area contributed by atoms with Gasteiger partial charge in [0.1, 0.15) is 17.4 Å². The minimum atomic E-state index is -1.23. The molecular weight excluding hydrogens is 554 g/mol. The topological polar surface area (TPSA) is 97.0 Å². The second-order valence-corrected chi connectivity index (χ2v) is 12.8. The highest BCUT2D eigenvalue weighted by atomic mass is 35.5. The Morgan fingerprint density at radius 3 is 2.71 bits per heavy atom. The van der Waals surface area contributed by atoms with Crippen LogP contribution in [0.4, 0.5) is 5.69 Å². The molecule has 3 aliphatic heterocycles. The number of ether oxygens (including phenoxy) is 2. The minimum Gasteiger partial charge on any atom is -0.497 e. The van der Waals surface area contributed by atoms with Crippen molar-refractivity contribution in [2.45, 2.75) is 70.4 Å².